The van der Waals surface area contributed by atoms with Crippen molar-refractivity contribution in [3.05, 3.63) is 53.3 Å². The maximum Gasteiger partial charge on any atom is 0.0988 e. The maximum atomic E-state index is 10.1. The third-order valence-electron chi connectivity index (χ3n) is 2.67. The fraction of sp³-hybridized carbons (Fsp3) is 0.308. The van der Waals surface area contributed by atoms with Gasteiger partial charge in [0.05, 0.1) is 18.8 Å². The van der Waals surface area contributed by atoms with Gasteiger partial charge in [-0.15, -0.1) is 0 Å². The van der Waals surface area contributed by atoms with E-state index in [1.165, 1.54) is 0 Å². The van der Waals surface area contributed by atoms with Crippen LogP contribution in [0, 0.1) is 13.8 Å². The standard InChI is InChI=1S/C13H16N2O/c1-10-7-14-15(8-10)9-13(16)12-6-4-3-5-11(12)2/h3-8,13,16H,9H2,1-2H3. The van der Waals surface area contributed by atoms with Crippen molar-refractivity contribution in [3.8, 4) is 0 Å². The molecule has 0 radical (unpaired) electrons. The van der Waals surface area contributed by atoms with Gasteiger partial charge in [-0.1, -0.05) is 24.3 Å². The summed E-state index contributed by atoms with van der Waals surface area (Å²) in [5.41, 5.74) is 3.19. The van der Waals surface area contributed by atoms with E-state index in [1.807, 2.05) is 44.3 Å². The molecule has 84 valence electrons. The van der Waals surface area contributed by atoms with Gasteiger partial charge in [-0.25, -0.2) is 0 Å². The van der Waals surface area contributed by atoms with Crippen molar-refractivity contribution >= 4 is 0 Å². The minimum Gasteiger partial charge on any atom is -0.386 e. The molecule has 0 bridgehead atoms. The minimum atomic E-state index is -0.500. The molecule has 0 saturated carbocycles. The summed E-state index contributed by atoms with van der Waals surface area (Å²) in [7, 11) is 0. The fourth-order valence-corrected chi connectivity index (χ4v) is 1.80. The largest absolute Gasteiger partial charge is 0.386 e. The van der Waals surface area contributed by atoms with Crippen LogP contribution in [0.25, 0.3) is 0 Å². The lowest BCUT2D eigenvalue weighted by molar-refractivity contribution is 0.151. The first-order valence-electron chi connectivity index (χ1n) is 5.39. The summed E-state index contributed by atoms with van der Waals surface area (Å²) in [5, 5.41) is 14.3. The predicted molar refractivity (Wildman–Crippen MR) is 63.1 cm³/mol. The normalized spacial score (nSPS) is 12.7. The fourth-order valence-electron chi connectivity index (χ4n) is 1.80. The number of aliphatic hydroxyl groups excluding tert-OH is 1. The molecule has 0 fully saturated rings. The van der Waals surface area contributed by atoms with Crippen LogP contribution in [0.3, 0.4) is 0 Å². The van der Waals surface area contributed by atoms with Crippen LogP contribution in [0.15, 0.2) is 36.7 Å². The summed E-state index contributed by atoms with van der Waals surface area (Å²) in [4.78, 5) is 0. The lowest BCUT2D eigenvalue weighted by Gasteiger charge is -2.13. The monoisotopic (exact) mass is 216 g/mol. The molecule has 0 aliphatic heterocycles. The van der Waals surface area contributed by atoms with Crippen molar-refractivity contribution in [2.75, 3.05) is 0 Å². The Labute approximate surface area is 95.3 Å². The van der Waals surface area contributed by atoms with E-state index in [-0.39, 0.29) is 0 Å². The van der Waals surface area contributed by atoms with Crippen molar-refractivity contribution in [1.29, 1.82) is 0 Å². The molecule has 1 aromatic heterocycles. The molecule has 1 unspecified atom stereocenters. The van der Waals surface area contributed by atoms with Crippen LogP contribution in [0.4, 0.5) is 0 Å². The zero-order valence-electron chi connectivity index (χ0n) is 9.59. The Morgan fingerprint density at radius 3 is 2.69 bits per heavy atom. The van der Waals surface area contributed by atoms with Gasteiger partial charge in [0, 0.05) is 6.20 Å². The van der Waals surface area contributed by atoms with Crippen LogP contribution in [0.1, 0.15) is 22.8 Å². The smallest absolute Gasteiger partial charge is 0.0988 e. The Balaban J connectivity index is 2.14. The van der Waals surface area contributed by atoms with Crippen LogP contribution in [-0.4, -0.2) is 14.9 Å². The van der Waals surface area contributed by atoms with Crippen molar-refractivity contribution < 1.29 is 5.11 Å². The van der Waals surface area contributed by atoms with Crippen LogP contribution >= 0.6 is 0 Å². The Bertz CT molecular complexity index is 476. The van der Waals surface area contributed by atoms with Crippen molar-refractivity contribution in [3.63, 3.8) is 0 Å². The summed E-state index contributed by atoms with van der Waals surface area (Å²) in [6, 6.07) is 7.88. The molecule has 0 aliphatic rings. The molecule has 0 amide bonds. The average molecular weight is 216 g/mol. The Morgan fingerprint density at radius 2 is 2.06 bits per heavy atom. The first-order chi connectivity index (χ1) is 7.66. The van der Waals surface area contributed by atoms with E-state index < -0.39 is 6.10 Å². The van der Waals surface area contributed by atoms with Crippen LogP contribution in [-0.2, 0) is 6.54 Å². The van der Waals surface area contributed by atoms with E-state index in [4.69, 9.17) is 0 Å². The molecule has 0 aliphatic carbocycles. The van der Waals surface area contributed by atoms with Gasteiger partial charge in [0.2, 0.25) is 0 Å². The lowest BCUT2D eigenvalue weighted by Crippen LogP contribution is -2.10. The van der Waals surface area contributed by atoms with E-state index in [0.717, 1.165) is 16.7 Å². The molecule has 3 nitrogen and oxygen atoms in total. The molecular formula is C13H16N2O. The van der Waals surface area contributed by atoms with Gasteiger partial charge in [-0.2, -0.15) is 5.10 Å². The van der Waals surface area contributed by atoms with E-state index in [2.05, 4.69) is 5.10 Å². The predicted octanol–water partition coefficient (Wildman–Crippen LogP) is 2.23. The first-order valence-corrected chi connectivity index (χ1v) is 5.39. The highest BCUT2D eigenvalue weighted by molar-refractivity contribution is 5.27. The zero-order chi connectivity index (χ0) is 11.5. The Hall–Kier alpha value is -1.61. The second-order valence-corrected chi connectivity index (χ2v) is 4.11. The number of rotatable bonds is 3. The third kappa shape index (κ3) is 2.31. The van der Waals surface area contributed by atoms with E-state index in [0.29, 0.717) is 6.54 Å². The second-order valence-electron chi connectivity index (χ2n) is 4.11. The average Bonchev–Trinajstić information content (AvgIpc) is 2.64. The number of hydrogen-bond donors (Lipinski definition) is 1. The van der Waals surface area contributed by atoms with Gasteiger partial charge in [0.15, 0.2) is 0 Å². The molecule has 0 saturated heterocycles. The van der Waals surface area contributed by atoms with Crippen LogP contribution in [0.2, 0.25) is 0 Å². The van der Waals surface area contributed by atoms with Crippen molar-refractivity contribution in [2.45, 2.75) is 26.5 Å². The summed E-state index contributed by atoms with van der Waals surface area (Å²) in [5.74, 6) is 0. The maximum absolute atomic E-state index is 10.1. The van der Waals surface area contributed by atoms with E-state index in [1.54, 1.807) is 10.9 Å². The molecular weight excluding hydrogens is 200 g/mol. The van der Waals surface area contributed by atoms with Gasteiger partial charge < -0.3 is 5.11 Å². The second kappa shape index (κ2) is 4.49. The van der Waals surface area contributed by atoms with Gasteiger partial charge in [-0.3, -0.25) is 4.68 Å². The van der Waals surface area contributed by atoms with Crippen LogP contribution < -0.4 is 0 Å². The highest BCUT2D eigenvalue weighted by Crippen LogP contribution is 2.18. The topological polar surface area (TPSA) is 38.0 Å². The Morgan fingerprint density at radius 1 is 1.31 bits per heavy atom. The number of nitrogens with zero attached hydrogens (tertiary/aromatic N) is 2. The molecule has 1 heterocycles. The molecule has 16 heavy (non-hydrogen) atoms. The third-order valence-corrected chi connectivity index (χ3v) is 2.67. The number of aliphatic hydroxyl groups is 1. The van der Waals surface area contributed by atoms with Crippen LogP contribution in [0.5, 0.6) is 0 Å². The number of aryl methyl sites for hydroxylation is 2. The number of hydrogen-bond acceptors (Lipinski definition) is 2. The van der Waals surface area contributed by atoms with Gasteiger partial charge in [-0.05, 0) is 30.5 Å². The molecule has 0 spiro atoms. The molecule has 1 aromatic carbocycles. The molecule has 3 heteroatoms. The molecule has 1 N–H and O–H groups in total. The molecule has 1 atom stereocenters. The SMILES string of the molecule is Cc1cnn(CC(O)c2ccccc2C)c1. The van der Waals surface area contributed by atoms with Gasteiger partial charge >= 0.3 is 0 Å². The van der Waals surface area contributed by atoms with Gasteiger partial charge in [0.1, 0.15) is 0 Å². The summed E-state index contributed by atoms with van der Waals surface area (Å²) >= 11 is 0. The lowest BCUT2D eigenvalue weighted by atomic mass is 10.0. The van der Waals surface area contributed by atoms with Crippen molar-refractivity contribution in [1.82, 2.24) is 9.78 Å². The summed E-state index contributed by atoms with van der Waals surface area (Å²) in [6.45, 7) is 4.50. The number of benzene rings is 1. The minimum absolute atomic E-state index is 0.499. The Kier molecular flexibility index (Phi) is 3.06. The quantitative estimate of drug-likeness (QED) is 0.854. The first kappa shape index (κ1) is 10.9. The van der Waals surface area contributed by atoms with Crippen molar-refractivity contribution in [2.24, 2.45) is 0 Å². The highest BCUT2D eigenvalue weighted by Gasteiger charge is 2.10. The van der Waals surface area contributed by atoms with Gasteiger partial charge in [0.25, 0.3) is 0 Å². The summed E-state index contributed by atoms with van der Waals surface area (Å²) < 4.78 is 1.77. The molecule has 2 rings (SSSR count). The zero-order valence-corrected chi connectivity index (χ0v) is 9.59. The van der Waals surface area contributed by atoms with E-state index in [9.17, 15) is 5.11 Å². The van der Waals surface area contributed by atoms with E-state index >= 15 is 0 Å². The highest BCUT2D eigenvalue weighted by atomic mass is 16.3. The number of aromatic nitrogens is 2. The molecule has 2 aromatic rings. The summed E-state index contributed by atoms with van der Waals surface area (Å²) in [6.07, 6.45) is 3.23.